The molecule has 1 aliphatic rings. The van der Waals surface area contributed by atoms with Crippen LogP contribution in [0, 0.1) is 0 Å². The molecule has 3 atom stereocenters. The fourth-order valence-electron chi connectivity index (χ4n) is 2.06. The average Bonchev–Trinajstić information content (AvgIpc) is 2.58. The largest absolute Gasteiger partial charge is 0.389 e. The Hall–Kier alpha value is -0.810. The number of nitrogens with two attached hydrogens (primary N) is 1. The zero-order chi connectivity index (χ0) is 12.6. The Labute approximate surface area is 106 Å². The maximum atomic E-state index is 9.50. The van der Waals surface area contributed by atoms with Gasteiger partial charge in [-0.05, 0) is 24.6 Å². The molecule has 1 fully saturated rings. The number of benzene rings is 1. The van der Waals surface area contributed by atoms with Crippen LogP contribution in [0.15, 0.2) is 18.2 Å². The van der Waals surface area contributed by atoms with Gasteiger partial charge in [0.1, 0.15) is 0 Å². The molecule has 0 aliphatic carbocycles. The molecule has 0 bridgehead atoms. The van der Waals surface area contributed by atoms with Gasteiger partial charge in [0.2, 0.25) is 0 Å². The predicted molar refractivity (Wildman–Crippen MR) is 68.3 cm³/mol. The molecule has 5 heteroatoms. The lowest BCUT2D eigenvalue weighted by molar-refractivity contribution is 0.0572. The minimum atomic E-state index is -0.693. The number of rotatable bonds is 2. The molecule has 0 aromatic heterocycles. The Bertz CT molecular complexity index is 401. The molecule has 0 spiro atoms. The zero-order valence-corrected chi connectivity index (χ0v) is 10.4. The molecular weight excluding hydrogens is 240 g/mol. The van der Waals surface area contributed by atoms with E-state index in [4.69, 9.17) is 17.3 Å². The SMILES string of the molecule is CC(N)c1ccc(N2CC(O)C(O)C2)cc1Cl. The summed E-state index contributed by atoms with van der Waals surface area (Å²) in [6, 6.07) is 5.52. The maximum Gasteiger partial charge on any atom is 0.0990 e. The lowest BCUT2D eigenvalue weighted by Crippen LogP contribution is -2.22. The first kappa shape index (κ1) is 12.6. The summed E-state index contributed by atoms with van der Waals surface area (Å²) in [5.74, 6) is 0. The van der Waals surface area contributed by atoms with Gasteiger partial charge in [-0.15, -0.1) is 0 Å². The minimum absolute atomic E-state index is 0.105. The van der Waals surface area contributed by atoms with Crippen molar-refractivity contribution in [1.29, 1.82) is 0 Å². The van der Waals surface area contributed by atoms with Crippen LogP contribution in [0.2, 0.25) is 5.02 Å². The van der Waals surface area contributed by atoms with Crippen LogP contribution in [0.1, 0.15) is 18.5 Å². The van der Waals surface area contributed by atoms with Crippen LogP contribution in [0.3, 0.4) is 0 Å². The normalized spacial score (nSPS) is 26.3. The number of halogens is 1. The molecule has 2 rings (SSSR count). The van der Waals surface area contributed by atoms with Gasteiger partial charge in [-0.25, -0.2) is 0 Å². The third kappa shape index (κ3) is 2.55. The fourth-order valence-corrected chi connectivity index (χ4v) is 2.41. The Kier molecular flexibility index (Phi) is 3.58. The second-order valence-corrected chi connectivity index (χ2v) is 4.94. The van der Waals surface area contributed by atoms with Crippen molar-refractivity contribution >= 4 is 17.3 Å². The Morgan fingerprint density at radius 2 is 1.94 bits per heavy atom. The molecule has 1 heterocycles. The van der Waals surface area contributed by atoms with Crippen LogP contribution in [-0.2, 0) is 0 Å². The summed E-state index contributed by atoms with van der Waals surface area (Å²) in [6.07, 6.45) is -1.39. The van der Waals surface area contributed by atoms with Crippen molar-refractivity contribution in [3.63, 3.8) is 0 Å². The summed E-state index contributed by atoms with van der Waals surface area (Å²) in [4.78, 5) is 1.91. The Morgan fingerprint density at radius 3 is 2.41 bits per heavy atom. The van der Waals surface area contributed by atoms with E-state index in [0.717, 1.165) is 11.3 Å². The van der Waals surface area contributed by atoms with Crippen molar-refractivity contribution in [3.8, 4) is 0 Å². The Morgan fingerprint density at radius 1 is 1.35 bits per heavy atom. The molecule has 17 heavy (non-hydrogen) atoms. The van der Waals surface area contributed by atoms with Gasteiger partial charge in [-0.1, -0.05) is 17.7 Å². The number of hydrogen-bond acceptors (Lipinski definition) is 4. The van der Waals surface area contributed by atoms with E-state index in [1.54, 1.807) is 0 Å². The second-order valence-electron chi connectivity index (χ2n) is 4.53. The number of aliphatic hydroxyl groups excluding tert-OH is 2. The Balaban J connectivity index is 2.21. The van der Waals surface area contributed by atoms with Crippen molar-refractivity contribution in [3.05, 3.63) is 28.8 Å². The lowest BCUT2D eigenvalue weighted by atomic mass is 10.1. The van der Waals surface area contributed by atoms with Crippen LogP contribution in [0.5, 0.6) is 0 Å². The number of hydrogen-bond donors (Lipinski definition) is 3. The van der Waals surface area contributed by atoms with Gasteiger partial charge in [0, 0.05) is 29.8 Å². The van der Waals surface area contributed by atoms with Gasteiger partial charge < -0.3 is 20.8 Å². The van der Waals surface area contributed by atoms with E-state index in [-0.39, 0.29) is 6.04 Å². The highest BCUT2D eigenvalue weighted by Crippen LogP contribution is 2.28. The first-order chi connectivity index (χ1) is 7.99. The molecule has 4 N–H and O–H groups in total. The smallest absolute Gasteiger partial charge is 0.0990 e. The molecule has 94 valence electrons. The van der Waals surface area contributed by atoms with E-state index in [0.29, 0.717) is 18.1 Å². The molecule has 1 saturated heterocycles. The highest BCUT2D eigenvalue weighted by atomic mass is 35.5. The first-order valence-electron chi connectivity index (χ1n) is 5.65. The van der Waals surface area contributed by atoms with Gasteiger partial charge in [-0.2, -0.15) is 0 Å². The third-order valence-electron chi connectivity index (χ3n) is 3.10. The van der Waals surface area contributed by atoms with E-state index in [1.165, 1.54) is 0 Å². The molecule has 3 unspecified atom stereocenters. The van der Waals surface area contributed by atoms with Gasteiger partial charge in [0.15, 0.2) is 0 Å². The van der Waals surface area contributed by atoms with E-state index in [1.807, 2.05) is 30.0 Å². The summed E-state index contributed by atoms with van der Waals surface area (Å²) >= 11 is 6.14. The fraction of sp³-hybridized carbons (Fsp3) is 0.500. The molecule has 1 aromatic carbocycles. The van der Waals surface area contributed by atoms with Crippen molar-refractivity contribution in [2.45, 2.75) is 25.2 Å². The van der Waals surface area contributed by atoms with E-state index >= 15 is 0 Å². The molecular formula is C12H17ClN2O2. The van der Waals surface area contributed by atoms with E-state index < -0.39 is 12.2 Å². The van der Waals surface area contributed by atoms with Gasteiger partial charge in [-0.3, -0.25) is 0 Å². The molecule has 0 radical (unpaired) electrons. The maximum absolute atomic E-state index is 9.50. The van der Waals surface area contributed by atoms with E-state index in [9.17, 15) is 10.2 Å². The molecule has 4 nitrogen and oxygen atoms in total. The molecule has 1 aromatic rings. The number of anilines is 1. The first-order valence-corrected chi connectivity index (χ1v) is 6.03. The summed E-state index contributed by atoms with van der Waals surface area (Å²) in [7, 11) is 0. The quantitative estimate of drug-likeness (QED) is 0.736. The van der Waals surface area contributed by atoms with Crippen LogP contribution >= 0.6 is 11.6 Å². The average molecular weight is 257 g/mol. The van der Waals surface area contributed by atoms with Crippen LogP contribution in [0.25, 0.3) is 0 Å². The van der Waals surface area contributed by atoms with Gasteiger partial charge in [0.05, 0.1) is 12.2 Å². The lowest BCUT2D eigenvalue weighted by Gasteiger charge is -2.19. The summed E-state index contributed by atoms with van der Waals surface area (Å²) in [6.45, 7) is 2.73. The van der Waals surface area contributed by atoms with Crippen LogP contribution < -0.4 is 10.6 Å². The molecule has 0 amide bonds. The van der Waals surface area contributed by atoms with Crippen molar-refractivity contribution in [1.82, 2.24) is 0 Å². The zero-order valence-electron chi connectivity index (χ0n) is 9.68. The van der Waals surface area contributed by atoms with Gasteiger partial charge >= 0.3 is 0 Å². The summed E-state index contributed by atoms with van der Waals surface area (Å²) in [5, 5.41) is 19.6. The number of β-amino-alcohol motifs (C(OH)–C–C–N with tert-alkyl or cyclic N) is 2. The summed E-state index contributed by atoms with van der Waals surface area (Å²) < 4.78 is 0. The number of aliphatic hydroxyl groups is 2. The van der Waals surface area contributed by atoms with E-state index in [2.05, 4.69) is 0 Å². The van der Waals surface area contributed by atoms with Crippen molar-refractivity contribution < 1.29 is 10.2 Å². The highest BCUT2D eigenvalue weighted by molar-refractivity contribution is 6.31. The second kappa shape index (κ2) is 4.82. The summed E-state index contributed by atoms with van der Waals surface area (Å²) in [5.41, 5.74) is 7.58. The molecule has 0 saturated carbocycles. The molecule has 1 aliphatic heterocycles. The highest BCUT2D eigenvalue weighted by Gasteiger charge is 2.29. The topological polar surface area (TPSA) is 69.7 Å². The van der Waals surface area contributed by atoms with Gasteiger partial charge in [0.25, 0.3) is 0 Å². The standard InChI is InChI=1S/C12H17ClN2O2/c1-7(14)9-3-2-8(4-10(9)13)15-5-11(16)12(17)6-15/h2-4,7,11-12,16-17H,5-6,14H2,1H3. The minimum Gasteiger partial charge on any atom is -0.389 e. The van der Waals surface area contributed by atoms with Crippen molar-refractivity contribution in [2.24, 2.45) is 5.73 Å². The third-order valence-corrected chi connectivity index (χ3v) is 3.43. The van der Waals surface area contributed by atoms with Crippen molar-refractivity contribution in [2.75, 3.05) is 18.0 Å². The van der Waals surface area contributed by atoms with Crippen LogP contribution in [0.4, 0.5) is 5.69 Å². The van der Waals surface area contributed by atoms with Crippen LogP contribution in [-0.4, -0.2) is 35.5 Å². The monoisotopic (exact) mass is 256 g/mol. The number of nitrogens with zero attached hydrogens (tertiary/aromatic N) is 1. The predicted octanol–water partition coefficient (Wildman–Crippen LogP) is 0.902.